The lowest BCUT2D eigenvalue weighted by Crippen LogP contribution is -2.26. The molecule has 0 fully saturated rings. The molecular weight excluding hydrogens is 331 g/mol. The van der Waals surface area contributed by atoms with Crippen LogP contribution < -0.4 is 10.5 Å². The highest BCUT2D eigenvalue weighted by Gasteiger charge is 2.34. The van der Waals surface area contributed by atoms with Gasteiger partial charge in [-0.1, -0.05) is 0 Å². The standard InChI is InChI=1S/C11H12F3N3O2S.ClH/c12-11(13,14)10-6-9(3-2-8(10)7-16)20(18,19)17-5-1-4-15;/h2-3,6,17H,1,4-5,15H2;1H. The lowest BCUT2D eigenvalue weighted by molar-refractivity contribution is -0.137. The van der Waals surface area contributed by atoms with Crippen LogP contribution in [0.25, 0.3) is 0 Å². The Morgan fingerprint density at radius 1 is 1.33 bits per heavy atom. The summed E-state index contributed by atoms with van der Waals surface area (Å²) in [6.45, 7) is 0.282. The molecule has 118 valence electrons. The average molecular weight is 344 g/mol. The molecule has 0 unspecified atom stereocenters. The van der Waals surface area contributed by atoms with E-state index in [2.05, 4.69) is 4.72 Å². The summed E-state index contributed by atoms with van der Waals surface area (Å²) in [6, 6.07) is 3.62. The monoisotopic (exact) mass is 343 g/mol. The van der Waals surface area contributed by atoms with Crippen molar-refractivity contribution in [3.05, 3.63) is 29.3 Å². The number of hydrogen-bond donors (Lipinski definition) is 2. The Labute approximate surface area is 126 Å². The van der Waals surface area contributed by atoms with Gasteiger partial charge in [-0.25, -0.2) is 13.1 Å². The number of halogens is 4. The Kier molecular flexibility index (Phi) is 7.12. The van der Waals surface area contributed by atoms with Crippen LogP contribution in [0.4, 0.5) is 13.2 Å². The first-order valence-electron chi connectivity index (χ1n) is 5.53. The summed E-state index contributed by atoms with van der Waals surface area (Å²) in [5.41, 5.74) is 3.29. The zero-order valence-electron chi connectivity index (χ0n) is 10.6. The molecule has 1 rings (SSSR count). The second-order valence-electron chi connectivity index (χ2n) is 3.86. The van der Waals surface area contributed by atoms with Crippen LogP contribution in [0.15, 0.2) is 23.1 Å². The fourth-order valence-corrected chi connectivity index (χ4v) is 2.51. The number of rotatable bonds is 5. The highest BCUT2D eigenvalue weighted by molar-refractivity contribution is 7.89. The van der Waals surface area contributed by atoms with Crippen molar-refractivity contribution in [3.8, 4) is 6.07 Å². The number of nitriles is 1. The van der Waals surface area contributed by atoms with Crippen molar-refractivity contribution in [2.45, 2.75) is 17.5 Å². The molecule has 0 spiro atoms. The van der Waals surface area contributed by atoms with Gasteiger partial charge in [0.25, 0.3) is 0 Å². The third-order valence-corrected chi connectivity index (χ3v) is 3.86. The van der Waals surface area contributed by atoms with Crippen LogP contribution in [0.3, 0.4) is 0 Å². The molecule has 0 aliphatic carbocycles. The van der Waals surface area contributed by atoms with Gasteiger partial charge in [0, 0.05) is 6.54 Å². The van der Waals surface area contributed by atoms with Gasteiger partial charge in [0.15, 0.2) is 0 Å². The number of hydrogen-bond acceptors (Lipinski definition) is 4. The second kappa shape index (κ2) is 7.61. The van der Waals surface area contributed by atoms with Crippen LogP contribution in [0, 0.1) is 11.3 Å². The first-order valence-corrected chi connectivity index (χ1v) is 7.02. The Balaban J connectivity index is 0.00000400. The van der Waals surface area contributed by atoms with Crippen molar-refractivity contribution >= 4 is 22.4 Å². The van der Waals surface area contributed by atoms with Gasteiger partial charge < -0.3 is 5.73 Å². The number of alkyl halides is 3. The van der Waals surface area contributed by atoms with E-state index >= 15 is 0 Å². The molecule has 3 N–H and O–H groups in total. The number of nitrogens with two attached hydrogens (primary N) is 1. The van der Waals surface area contributed by atoms with Gasteiger partial charge in [0.05, 0.1) is 22.1 Å². The molecule has 0 aliphatic rings. The van der Waals surface area contributed by atoms with E-state index in [4.69, 9.17) is 11.0 Å². The molecule has 0 atom stereocenters. The van der Waals surface area contributed by atoms with Gasteiger partial charge in [-0.3, -0.25) is 0 Å². The topological polar surface area (TPSA) is 96.0 Å². The van der Waals surface area contributed by atoms with Crippen LogP contribution in [-0.4, -0.2) is 21.5 Å². The van der Waals surface area contributed by atoms with Gasteiger partial charge in [-0.15, -0.1) is 12.4 Å². The minimum Gasteiger partial charge on any atom is -0.330 e. The normalized spacial score (nSPS) is 11.6. The Morgan fingerprint density at radius 3 is 2.43 bits per heavy atom. The minimum atomic E-state index is -4.80. The van der Waals surface area contributed by atoms with Crippen LogP contribution >= 0.6 is 12.4 Å². The maximum absolute atomic E-state index is 12.7. The summed E-state index contributed by atoms with van der Waals surface area (Å²) in [4.78, 5) is -0.541. The predicted molar refractivity (Wildman–Crippen MR) is 72.3 cm³/mol. The van der Waals surface area contributed by atoms with Gasteiger partial charge in [-0.05, 0) is 31.2 Å². The van der Waals surface area contributed by atoms with E-state index in [1.165, 1.54) is 6.07 Å². The Hall–Kier alpha value is -1.34. The summed E-state index contributed by atoms with van der Waals surface area (Å²) in [5, 5.41) is 8.62. The number of nitrogens with zero attached hydrogens (tertiary/aromatic N) is 1. The van der Waals surface area contributed by atoms with Crippen molar-refractivity contribution in [3.63, 3.8) is 0 Å². The summed E-state index contributed by atoms with van der Waals surface area (Å²) < 4.78 is 63.9. The van der Waals surface area contributed by atoms with Crippen LogP contribution in [0.5, 0.6) is 0 Å². The molecule has 21 heavy (non-hydrogen) atoms. The molecule has 0 amide bonds. The van der Waals surface area contributed by atoms with Crippen molar-refractivity contribution in [1.29, 1.82) is 5.26 Å². The molecule has 0 saturated carbocycles. The van der Waals surface area contributed by atoms with Crippen molar-refractivity contribution in [1.82, 2.24) is 4.72 Å². The maximum atomic E-state index is 12.7. The zero-order valence-corrected chi connectivity index (χ0v) is 12.3. The smallest absolute Gasteiger partial charge is 0.330 e. The molecule has 0 saturated heterocycles. The fraction of sp³-hybridized carbons (Fsp3) is 0.364. The van der Waals surface area contributed by atoms with E-state index in [1.807, 2.05) is 0 Å². The highest BCUT2D eigenvalue weighted by Crippen LogP contribution is 2.33. The molecule has 0 heterocycles. The minimum absolute atomic E-state index is 0. The lowest BCUT2D eigenvalue weighted by Gasteiger charge is -2.11. The molecule has 0 radical (unpaired) electrons. The van der Waals surface area contributed by atoms with Crippen LogP contribution in [0.2, 0.25) is 0 Å². The second-order valence-corrected chi connectivity index (χ2v) is 5.62. The van der Waals surface area contributed by atoms with Gasteiger partial charge in [0.1, 0.15) is 0 Å². The summed E-state index contributed by atoms with van der Waals surface area (Å²) >= 11 is 0. The van der Waals surface area contributed by atoms with E-state index < -0.39 is 32.2 Å². The van der Waals surface area contributed by atoms with E-state index in [1.54, 1.807) is 0 Å². The van der Waals surface area contributed by atoms with Crippen molar-refractivity contribution < 1.29 is 21.6 Å². The molecule has 0 aliphatic heterocycles. The van der Waals surface area contributed by atoms with Gasteiger partial charge in [-0.2, -0.15) is 18.4 Å². The molecule has 1 aromatic carbocycles. The lowest BCUT2D eigenvalue weighted by atomic mass is 10.1. The largest absolute Gasteiger partial charge is 0.417 e. The Bertz CT molecular complexity index is 627. The first kappa shape index (κ1) is 19.7. The fourth-order valence-electron chi connectivity index (χ4n) is 1.41. The molecule has 10 heteroatoms. The van der Waals surface area contributed by atoms with Gasteiger partial charge in [0.2, 0.25) is 10.0 Å². The molecule has 5 nitrogen and oxygen atoms in total. The molecule has 0 bridgehead atoms. The van der Waals surface area contributed by atoms with E-state index in [9.17, 15) is 21.6 Å². The SMILES string of the molecule is Cl.N#Cc1ccc(S(=O)(=O)NCCCN)cc1C(F)(F)F. The average Bonchev–Trinajstić information content (AvgIpc) is 2.37. The Morgan fingerprint density at radius 2 is 1.95 bits per heavy atom. The summed E-state index contributed by atoms with van der Waals surface area (Å²) in [6.07, 6.45) is -4.44. The van der Waals surface area contributed by atoms with Crippen LogP contribution in [0.1, 0.15) is 17.5 Å². The first-order chi connectivity index (χ1) is 9.22. The molecular formula is C11H13ClF3N3O2S. The quantitative estimate of drug-likeness (QED) is 0.794. The maximum Gasteiger partial charge on any atom is 0.417 e. The van der Waals surface area contributed by atoms with E-state index in [-0.39, 0.29) is 25.5 Å². The zero-order chi connectivity index (χ0) is 15.4. The number of sulfonamides is 1. The predicted octanol–water partition coefficient (Wildman–Crippen LogP) is 1.63. The van der Waals surface area contributed by atoms with Crippen molar-refractivity contribution in [2.75, 3.05) is 13.1 Å². The van der Waals surface area contributed by atoms with Crippen molar-refractivity contribution in [2.24, 2.45) is 5.73 Å². The summed E-state index contributed by atoms with van der Waals surface area (Å²) in [5.74, 6) is 0. The summed E-state index contributed by atoms with van der Waals surface area (Å²) in [7, 11) is -4.06. The third-order valence-electron chi connectivity index (χ3n) is 2.40. The van der Waals surface area contributed by atoms with E-state index in [0.717, 1.165) is 12.1 Å². The third kappa shape index (κ3) is 5.17. The number of nitrogens with one attached hydrogen (secondary N) is 1. The molecule has 1 aromatic rings. The van der Waals surface area contributed by atoms with Crippen LogP contribution in [-0.2, 0) is 16.2 Å². The van der Waals surface area contributed by atoms with E-state index in [0.29, 0.717) is 12.5 Å². The highest BCUT2D eigenvalue weighted by atomic mass is 35.5. The number of benzene rings is 1. The van der Waals surface area contributed by atoms with Gasteiger partial charge >= 0.3 is 6.18 Å². The molecule has 0 aromatic heterocycles.